The van der Waals surface area contributed by atoms with Crippen molar-refractivity contribution in [3.63, 3.8) is 0 Å². The highest BCUT2D eigenvalue weighted by molar-refractivity contribution is 5.98. The molecule has 0 unspecified atom stereocenters. The van der Waals surface area contributed by atoms with Crippen molar-refractivity contribution in [2.45, 2.75) is 37.1 Å². The van der Waals surface area contributed by atoms with E-state index in [-0.39, 0.29) is 34.8 Å². The number of hydrogen-bond donors (Lipinski definition) is 2. The molecule has 0 saturated carbocycles. The van der Waals surface area contributed by atoms with Crippen molar-refractivity contribution in [3.8, 4) is 11.4 Å². The summed E-state index contributed by atoms with van der Waals surface area (Å²) < 4.78 is 71.6. The second-order valence-electron chi connectivity index (χ2n) is 7.86. The van der Waals surface area contributed by atoms with E-state index in [9.17, 15) is 26.7 Å². The van der Waals surface area contributed by atoms with Gasteiger partial charge in [0.1, 0.15) is 35.5 Å². The molecule has 2 aromatic heterocycles. The van der Waals surface area contributed by atoms with Gasteiger partial charge in [0.25, 0.3) is 0 Å². The van der Waals surface area contributed by atoms with Crippen LogP contribution in [-0.4, -0.2) is 51.1 Å². The number of fused-ring (bicyclic) bond motifs is 2. The molecule has 1 amide bonds. The van der Waals surface area contributed by atoms with Gasteiger partial charge < -0.3 is 10.6 Å². The van der Waals surface area contributed by atoms with E-state index in [1.54, 1.807) is 0 Å². The number of benzene rings is 1. The van der Waals surface area contributed by atoms with Crippen molar-refractivity contribution in [1.82, 2.24) is 25.1 Å². The Morgan fingerprint density at radius 1 is 1.16 bits per heavy atom. The maximum absolute atomic E-state index is 14.7. The molecule has 2 aliphatic heterocycles. The SMILES string of the molecule is O=C1C[C@H](C(F)(F)F)c2c(ncnc2-c2nn([C@H]3CCNC[C@H]3F)c3cc(F)ccc23)N1. The topological polar surface area (TPSA) is 84.7 Å². The van der Waals surface area contributed by atoms with Gasteiger partial charge >= 0.3 is 6.18 Å². The quantitative estimate of drug-likeness (QED) is 0.582. The molecule has 1 saturated heterocycles. The maximum atomic E-state index is 14.7. The third-order valence-electron chi connectivity index (χ3n) is 5.86. The number of piperidine rings is 1. The summed E-state index contributed by atoms with van der Waals surface area (Å²) in [5, 5.41) is 10.0. The molecule has 0 aliphatic carbocycles. The van der Waals surface area contributed by atoms with Gasteiger partial charge in [-0.05, 0) is 31.2 Å². The van der Waals surface area contributed by atoms with Gasteiger partial charge in [-0.1, -0.05) is 0 Å². The first-order valence-electron chi connectivity index (χ1n) is 9.98. The van der Waals surface area contributed by atoms with E-state index in [1.807, 2.05) is 0 Å². The Labute approximate surface area is 178 Å². The summed E-state index contributed by atoms with van der Waals surface area (Å²) in [4.78, 5) is 19.7. The average Bonchev–Trinajstić information content (AvgIpc) is 3.10. The van der Waals surface area contributed by atoms with Crippen LogP contribution in [0.15, 0.2) is 24.5 Å². The van der Waals surface area contributed by atoms with Crippen LogP contribution in [0.25, 0.3) is 22.3 Å². The van der Waals surface area contributed by atoms with E-state index in [1.165, 1.54) is 16.8 Å². The van der Waals surface area contributed by atoms with Gasteiger partial charge in [0, 0.05) is 23.9 Å². The van der Waals surface area contributed by atoms with Gasteiger partial charge in [0.05, 0.1) is 17.5 Å². The van der Waals surface area contributed by atoms with Crippen LogP contribution in [0.3, 0.4) is 0 Å². The minimum atomic E-state index is -4.73. The summed E-state index contributed by atoms with van der Waals surface area (Å²) in [5.41, 5.74) is -0.130. The lowest BCUT2D eigenvalue weighted by atomic mass is 9.89. The Morgan fingerprint density at radius 2 is 1.97 bits per heavy atom. The monoisotopic (exact) mass is 452 g/mol. The average molecular weight is 452 g/mol. The summed E-state index contributed by atoms with van der Waals surface area (Å²) in [6.07, 6.45) is -5.45. The summed E-state index contributed by atoms with van der Waals surface area (Å²) in [6.45, 7) is 0.601. The maximum Gasteiger partial charge on any atom is 0.396 e. The molecule has 4 heterocycles. The Kier molecular flexibility index (Phi) is 4.84. The fourth-order valence-corrected chi connectivity index (χ4v) is 4.38. The third-order valence-corrected chi connectivity index (χ3v) is 5.86. The second kappa shape index (κ2) is 7.47. The Balaban J connectivity index is 1.75. The van der Waals surface area contributed by atoms with Crippen LogP contribution < -0.4 is 10.6 Å². The molecule has 3 atom stereocenters. The van der Waals surface area contributed by atoms with E-state index in [0.717, 1.165) is 12.4 Å². The van der Waals surface area contributed by atoms with Gasteiger partial charge in [-0.25, -0.2) is 18.7 Å². The fraction of sp³-hybridized carbons (Fsp3) is 0.400. The molecule has 7 nitrogen and oxygen atoms in total. The number of halogens is 5. The van der Waals surface area contributed by atoms with Crippen LogP contribution in [0.5, 0.6) is 0 Å². The summed E-state index contributed by atoms with van der Waals surface area (Å²) >= 11 is 0. The number of aromatic nitrogens is 4. The Hall–Kier alpha value is -3.15. The highest BCUT2D eigenvalue weighted by Crippen LogP contribution is 2.47. The minimum Gasteiger partial charge on any atom is -0.314 e. The molecule has 2 aliphatic rings. The van der Waals surface area contributed by atoms with Crippen LogP contribution in [0.4, 0.5) is 27.8 Å². The van der Waals surface area contributed by atoms with Crippen molar-refractivity contribution in [3.05, 3.63) is 35.9 Å². The van der Waals surface area contributed by atoms with Crippen LogP contribution in [0, 0.1) is 5.82 Å². The zero-order chi connectivity index (χ0) is 22.6. The standard InChI is InChI=1S/C20H17F5N6O/c21-9-1-2-10-14(5-9)31(13-3-4-26-7-12(13)22)30-17(10)18-16-11(20(23,24)25)6-15(32)29-19(16)28-8-27-18/h1-2,5,8,11-13,26H,3-4,6-7H2,(H,27,28,29,32)/t11-,12+,13-/m0/s1. The van der Waals surface area contributed by atoms with E-state index < -0.39 is 42.5 Å². The van der Waals surface area contributed by atoms with Crippen LogP contribution in [-0.2, 0) is 4.79 Å². The first-order chi connectivity index (χ1) is 15.2. The highest BCUT2D eigenvalue weighted by Gasteiger charge is 2.48. The van der Waals surface area contributed by atoms with Crippen LogP contribution in [0.2, 0.25) is 0 Å². The number of alkyl halides is 4. The molecule has 3 aromatic rings. The van der Waals surface area contributed by atoms with Gasteiger partial charge in [-0.15, -0.1) is 0 Å². The Morgan fingerprint density at radius 3 is 2.72 bits per heavy atom. The number of carbonyl (C=O) groups excluding carboxylic acids is 1. The lowest BCUT2D eigenvalue weighted by molar-refractivity contribution is -0.156. The first kappa shape index (κ1) is 20.7. The number of carbonyl (C=O) groups is 1. The third kappa shape index (κ3) is 3.38. The van der Waals surface area contributed by atoms with Crippen molar-refractivity contribution in [2.24, 2.45) is 0 Å². The van der Waals surface area contributed by atoms with Gasteiger partial charge in [0.2, 0.25) is 5.91 Å². The van der Waals surface area contributed by atoms with E-state index >= 15 is 0 Å². The molecule has 168 valence electrons. The molecule has 0 radical (unpaired) electrons. The number of hydrogen-bond acceptors (Lipinski definition) is 5. The van der Waals surface area contributed by atoms with Gasteiger partial charge in [-0.2, -0.15) is 18.3 Å². The first-order valence-corrected chi connectivity index (χ1v) is 9.98. The van der Waals surface area contributed by atoms with Crippen LogP contribution in [0.1, 0.15) is 30.4 Å². The highest BCUT2D eigenvalue weighted by atomic mass is 19.4. The molecule has 0 bridgehead atoms. The number of amides is 1. The zero-order valence-electron chi connectivity index (χ0n) is 16.5. The fourth-order valence-electron chi connectivity index (χ4n) is 4.38. The lowest BCUT2D eigenvalue weighted by Gasteiger charge is -2.28. The largest absolute Gasteiger partial charge is 0.396 e. The molecule has 32 heavy (non-hydrogen) atoms. The minimum absolute atomic E-state index is 0.0507. The molecular weight excluding hydrogens is 435 g/mol. The Bertz CT molecular complexity index is 1210. The van der Waals surface area contributed by atoms with E-state index in [0.29, 0.717) is 18.4 Å². The predicted molar refractivity (Wildman–Crippen MR) is 104 cm³/mol. The second-order valence-corrected chi connectivity index (χ2v) is 7.86. The summed E-state index contributed by atoms with van der Waals surface area (Å²) in [5.74, 6) is -3.77. The zero-order valence-corrected chi connectivity index (χ0v) is 16.5. The molecular formula is C20H17F5N6O. The van der Waals surface area contributed by atoms with Crippen molar-refractivity contribution < 1.29 is 26.7 Å². The van der Waals surface area contributed by atoms with Crippen molar-refractivity contribution in [2.75, 3.05) is 18.4 Å². The molecule has 2 N–H and O–H groups in total. The number of nitrogens with zero attached hydrogens (tertiary/aromatic N) is 4. The predicted octanol–water partition coefficient (Wildman–Crippen LogP) is 3.49. The van der Waals surface area contributed by atoms with E-state index in [4.69, 9.17) is 0 Å². The summed E-state index contributed by atoms with van der Waals surface area (Å²) in [6, 6.07) is 3.00. The normalized spacial score (nSPS) is 23.8. The molecule has 1 fully saturated rings. The van der Waals surface area contributed by atoms with E-state index in [2.05, 4.69) is 25.7 Å². The molecule has 1 aromatic carbocycles. The molecule has 5 rings (SSSR count). The number of rotatable bonds is 2. The molecule has 0 spiro atoms. The number of anilines is 1. The van der Waals surface area contributed by atoms with Crippen LogP contribution >= 0.6 is 0 Å². The molecule has 12 heteroatoms. The lowest BCUT2D eigenvalue weighted by Crippen LogP contribution is -2.39. The summed E-state index contributed by atoms with van der Waals surface area (Å²) in [7, 11) is 0. The van der Waals surface area contributed by atoms with Gasteiger partial charge in [0.15, 0.2) is 0 Å². The smallest absolute Gasteiger partial charge is 0.314 e. The number of nitrogens with one attached hydrogen (secondary N) is 2. The van der Waals surface area contributed by atoms with Crippen molar-refractivity contribution in [1.29, 1.82) is 0 Å². The van der Waals surface area contributed by atoms with Gasteiger partial charge in [-0.3, -0.25) is 9.48 Å². The van der Waals surface area contributed by atoms with Crippen molar-refractivity contribution >= 4 is 22.6 Å².